The van der Waals surface area contributed by atoms with Crippen LogP contribution in [0.2, 0.25) is 0 Å². The van der Waals surface area contributed by atoms with E-state index < -0.39 is 0 Å². The number of fused-ring (bicyclic) bond motifs is 1. The zero-order valence-electron chi connectivity index (χ0n) is 10.8. The minimum absolute atomic E-state index is 0.868. The second-order valence-electron chi connectivity index (χ2n) is 4.71. The largest absolute Gasteiger partial charge is 0.373 e. The fourth-order valence-electron chi connectivity index (χ4n) is 2.54. The summed E-state index contributed by atoms with van der Waals surface area (Å²) in [6, 6.07) is 0. The monoisotopic (exact) mass is 248 g/mol. The number of hydrogen-bond acceptors (Lipinski definition) is 6. The van der Waals surface area contributed by atoms with Crippen molar-refractivity contribution < 1.29 is 0 Å². The smallest absolute Gasteiger partial charge is 0.227 e. The maximum Gasteiger partial charge on any atom is 0.227 e. The minimum atomic E-state index is 0.868. The van der Waals surface area contributed by atoms with Crippen molar-refractivity contribution in [1.82, 2.24) is 20.6 Å². The van der Waals surface area contributed by atoms with Gasteiger partial charge in [-0.25, -0.2) is 4.98 Å². The highest BCUT2D eigenvalue weighted by Gasteiger charge is 2.20. The number of aromatic nitrogens is 2. The van der Waals surface area contributed by atoms with E-state index in [0.29, 0.717) is 0 Å². The Hall–Kier alpha value is -1.40. The third-order valence-electron chi connectivity index (χ3n) is 3.56. The molecule has 0 bridgehead atoms. The molecule has 2 aliphatic heterocycles. The van der Waals surface area contributed by atoms with E-state index in [0.717, 1.165) is 57.5 Å². The van der Waals surface area contributed by atoms with Crippen molar-refractivity contribution in [2.75, 3.05) is 50.0 Å². The number of anilines is 2. The first-order valence-corrected chi connectivity index (χ1v) is 6.62. The van der Waals surface area contributed by atoms with Crippen LogP contribution in [-0.4, -0.2) is 49.7 Å². The van der Waals surface area contributed by atoms with Crippen LogP contribution in [-0.2, 0) is 13.0 Å². The quantitative estimate of drug-likeness (QED) is 0.660. The predicted octanol–water partition coefficient (Wildman–Crippen LogP) is -0.426. The van der Waals surface area contributed by atoms with E-state index in [1.165, 1.54) is 11.3 Å². The van der Waals surface area contributed by atoms with Gasteiger partial charge in [0.2, 0.25) is 5.95 Å². The third kappa shape index (κ3) is 2.13. The molecule has 2 aliphatic rings. The van der Waals surface area contributed by atoms with E-state index >= 15 is 0 Å². The second-order valence-corrected chi connectivity index (χ2v) is 4.71. The molecule has 3 rings (SSSR count). The summed E-state index contributed by atoms with van der Waals surface area (Å²) in [4.78, 5) is 11.7. The summed E-state index contributed by atoms with van der Waals surface area (Å²) in [6.45, 7) is 5.87. The van der Waals surface area contributed by atoms with Crippen molar-refractivity contribution in [3.8, 4) is 0 Å². The molecule has 1 fully saturated rings. The Bertz CT molecular complexity index is 410. The molecule has 6 heteroatoms. The summed E-state index contributed by atoms with van der Waals surface area (Å²) in [5, 5.41) is 9.92. The van der Waals surface area contributed by atoms with Crippen LogP contribution in [0.1, 0.15) is 11.3 Å². The summed E-state index contributed by atoms with van der Waals surface area (Å²) in [6.07, 6.45) is 0.992. The minimum Gasteiger partial charge on any atom is -0.373 e. The first-order valence-electron chi connectivity index (χ1n) is 6.62. The summed E-state index contributed by atoms with van der Waals surface area (Å²) >= 11 is 0. The number of nitrogens with one attached hydrogen (secondary N) is 3. The Morgan fingerprint density at radius 2 is 1.94 bits per heavy atom. The molecule has 6 nitrogen and oxygen atoms in total. The lowest BCUT2D eigenvalue weighted by atomic mass is 10.1. The van der Waals surface area contributed by atoms with Crippen LogP contribution < -0.4 is 20.9 Å². The normalized spacial score (nSPS) is 19.5. The van der Waals surface area contributed by atoms with Crippen molar-refractivity contribution in [3.05, 3.63) is 11.3 Å². The van der Waals surface area contributed by atoms with Crippen LogP contribution in [0.4, 0.5) is 11.8 Å². The van der Waals surface area contributed by atoms with Gasteiger partial charge in [-0.2, -0.15) is 4.98 Å². The average molecular weight is 248 g/mol. The molecule has 3 heterocycles. The fourth-order valence-corrected chi connectivity index (χ4v) is 2.54. The van der Waals surface area contributed by atoms with Gasteiger partial charge in [0.25, 0.3) is 0 Å². The predicted molar refractivity (Wildman–Crippen MR) is 72.1 cm³/mol. The molecule has 0 radical (unpaired) electrons. The van der Waals surface area contributed by atoms with Crippen LogP contribution in [0, 0.1) is 0 Å². The van der Waals surface area contributed by atoms with Gasteiger partial charge < -0.3 is 20.9 Å². The van der Waals surface area contributed by atoms with Gasteiger partial charge in [0.05, 0.1) is 5.69 Å². The summed E-state index contributed by atoms with van der Waals surface area (Å²) in [5.74, 6) is 1.85. The molecule has 3 N–H and O–H groups in total. The van der Waals surface area contributed by atoms with Crippen LogP contribution in [0.5, 0.6) is 0 Å². The highest BCUT2D eigenvalue weighted by Crippen LogP contribution is 2.23. The number of hydrogen-bond donors (Lipinski definition) is 3. The Morgan fingerprint density at radius 3 is 2.72 bits per heavy atom. The van der Waals surface area contributed by atoms with Crippen molar-refractivity contribution >= 4 is 11.8 Å². The van der Waals surface area contributed by atoms with Crippen LogP contribution in [0.15, 0.2) is 0 Å². The van der Waals surface area contributed by atoms with Gasteiger partial charge in [-0.3, -0.25) is 0 Å². The lowest BCUT2D eigenvalue weighted by Crippen LogP contribution is -2.44. The Morgan fingerprint density at radius 1 is 1.11 bits per heavy atom. The average Bonchev–Trinajstić information content (AvgIpc) is 2.47. The second kappa shape index (κ2) is 5.07. The molecule has 0 aliphatic carbocycles. The van der Waals surface area contributed by atoms with E-state index in [1.807, 2.05) is 7.05 Å². The molecule has 0 amide bonds. The van der Waals surface area contributed by atoms with Gasteiger partial charge in [-0.1, -0.05) is 0 Å². The van der Waals surface area contributed by atoms with Crippen molar-refractivity contribution in [2.24, 2.45) is 0 Å². The maximum absolute atomic E-state index is 4.75. The molecule has 1 aromatic rings. The van der Waals surface area contributed by atoms with Crippen molar-refractivity contribution in [3.63, 3.8) is 0 Å². The van der Waals surface area contributed by atoms with Gasteiger partial charge in [-0.05, 0) is 0 Å². The Balaban J connectivity index is 1.94. The van der Waals surface area contributed by atoms with E-state index in [2.05, 4.69) is 25.8 Å². The van der Waals surface area contributed by atoms with E-state index in [4.69, 9.17) is 4.98 Å². The maximum atomic E-state index is 4.75. The molecular formula is C12H20N6. The lowest BCUT2D eigenvalue weighted by Gasteiger charge is -2.29. The van der Waals surface area contributed by atoms with Crippen molar-refractivity contribution in [2.45, 2.75) is 13.0 Å². The number of nitrogens with zero attached hydrogens (tertiary/aromatic N) is 3. The molecule has 0 atom stereocenters. The molecule has 0 unspecified atom stereocenters. The zero-order chi connectivity index (χ0) is 12.4. The molecular weight excluding hydrogens is 228 g/mol. The molecule has 98 valence electrons. The molecule has 18 heavy (non-hydrogen) atoms. The standard InChI is InChI=1S/C12H20N6/c1-13-11-9-8-15-3-2-10(9)16-12(17-11)18-6-4-14-5-7-18/h14-15H,2-8H2,1H3,(H,13,16,17). The molecule has 0 aromatic carbocycles. The van der Waals surface area contributed by atoms with Gasteiger partial charge >= 0.3 is 0 Å². The highest BCUT2D eigenvalue weighted by atomic mass is 15.3. The van der Waals surface area contributed by atoms with Gasteiger partial charge in [0.1, 0.15) is 5.82 Å². The zero-order valence-corrected chi connectivity index (χ0v) is 10.8. The SMILES string of the molecule is CNc1nc(N2CCNCC2)nc2c1CNCC2. The summed E-state index contributed by atoms with van der Waals surface area (Å²) < 4.78 is 0. The number of rotatable bonds is 2. The van der Waals surface area contributed by atoms with Crippen molar-refractivity contribution in [1.29, 1.82) is 0 Å². The fraction of sp³-hybridized carbons (Fsp3) is 0.667. The highest BCUT2D eigenvalue weighted by molar-refractivity contribution is 5.52. The van der Waals surface area contributed by atoms with E-state index in [1.54, 1.807) is 0 Å². The van der Waals surface area contributed by atoms with Crippen LogP contribution in [0.3, 0.4) is 0 Å². The first kappa shape index (κ1) is 11.7. The Labute approximate surface area is 107 Å². The Kier molecular flexibility index (Phi) is 3.29. The summed E-state index contributed by atoms with van der Waals surface area (Å²) in [5.41, 5.74) is 2.42. The molecule has 0 spiro atoms. The molecule has 0 saturated carbocycles. The molecule has 1 saturated heterocycles. The lowest BCUT2D eigenvalue weighted by molar-refractivity contribution is 0.573. The van der Waals surface area contributed by atoms with E-state index in [-0.39, 0.29) is 0 Å². The molecule has 1 aromatic heterocycles. The number of piperazine rings is 1. The van der Waals surface area contributed by atoms with Crippen LogP contribution in [0.25, 0.3) is 0 Å². The van der Waals surface area contributed by atoms with Gasteiger partial charge in [0.15, 0.2) is 0 Å². The van der Waals surface area contributed by atoms with E-state index in [9.17, 15) is 0 Å². The van der Waals surface area contributed by atoms with Crippen LogP contribution >= 0.6 is 0 Å². The topological polar surface area (TPSA) is 65.1 Å². The summed E-state index contributed by atoms with van der Waals surface area (Å²) in [7, 11) is 1.93. The van der Waals surface area contributed by atoms with Gasteiger partial charge in [0, 0.05) is 58.3 Å². The first-order chi connectivity index (χ1) is 8.88. The third-order valence-corrected chi connectivity index (χ3v) is 3.56. The van der Waals surface area contributed by atoms with Gasteiger partial charge in [-0.15, -0.1) is 0 Å².